The number of hydrogen-bond donors (Lipinski definition) is 1. The minimum Gasteiger partial charge on any atom is -0.456 e. The van der Waals surface area contributed by atoms with Gasteiger partial charge in [0.05, 0.1) is 6.33 Å². The highest BCUT2D eigenvalue weighted by Crippen LogP contribution is 2.37. The summed E-state index contributed by atoms with van der Waals surface area (Å²) in [5, 5.41) is 0.0860. The average Bonchev–Trinajstić information content (AvgIpc) is 3.17. The number of anilines is 1. The summed E-state index contributed by atoms with van der Waals surface area (Å²) in [5.41, 5.74) is 6.34. The first-order valence-corrected chi connectivity index (χ1v) is 10.2. The summed E-state index contributed by atoms with van der Waals surface area (Å²) < 4.78 is 18.6. The topological polar surface area (TPSA) is 131 Å². The zero-order valence-electron chi connectivity index (χ0n) is 15.8. The first kappa shape index (κ1) is 21.3. The van der Waals surface area contributed by atoms with Crippen LogP contribution in [0.3, 0.4) is 0 Å². The SMILES string of the molecule is C=CCSC[C@H]1O[C@@H](n2cnc3c(Cl)nc(N)nc32)[C@H](OC(C)=O)[C@@H]1OC(C)=O. The zero-order valence-corrected chi connectivity index (χ0v) is 17.4. The van der Waals surface area contributed by atoms with Gasteiger partial charge in [-0.1, -0.05) is 17.7 Å². The van der Waals surface area contributed by atoms with Gasteiger partial charge in [-0.25, -0.2) is 4.98 Å². The van der Waals surface area contributed by atoms with Gasteiger partial charge in [-0.3, -0.25) is 14.2 Å². The van der Waals surface area contributed by atoms with Crippen molar-refractivity contribution in [3.63, 3.8) is 0 Å². The molecule has 4 atom stereocenters. The summed E-state index contributed by atoms with van der Waals surface area (Å²) in [6.45, 7) is 6.24. The second kappa shape index (κ2) is 8.97. The lowest BCUT2D eigenvalue weighted by Gasteiger charge is -2.23. The third kappa shape index (κ3) is 4.62. The van der Waals surface area contributed by atoms with E-state index in [0.29, 0.717) is 22.7 Å². The lowest BCUT2D eigenvalue weighted by atomic mass is 10.1. The minimum atomic E-state index is -0.918. The number of fused-ring (bicyclic) bond motifs is 1. The molecule has 0 aliphatic carbocycles. The molecule has 2 N–H and O–H groups in total. The Morgan fingerprint density at radius 1 is 1.34 bits per heavy atom. The molecule has 10 nitrogen and oxygen atoms in total. The number of carbonyl (C=O) groups is 2. The van der Waals surface area contributed by atoms with E-state index in [1.807, 2.05) is 0 Å². The molecule has 0 amide bonds. The summed E-state index contributed by atoms with van der Waals surface area (Å²) >= 11 is 7.64. The fourth-order valence-electron chi connectivity index (χ4n) is 3.07. The largest absolute Gasteiger partial charge is 0.456 e. The van der Waals surface area contributed by atoms with E-state index in [4.69, 9.17) is 31.5 Å². The fraction of sp³-hybridized carbons (Fsp3) is 0.471. The molecule has 1 aliphatic rings. The summed E-state index contributed by atoms with van der Waals surface area (Å²) in [5.74, 6) is 0.0731. The van der Waals surface area contributed by atoms with E-state index in [-0.39, 0.29) is 11.1 Å². The molecule has 2 aromatic rings. The van der Waals surface area contributed by atoms with Crippen LogP contribution in [0.1, 0.15) is 20.1 Å². The van der Waals surface area contributed by atoms with E-state index >= 15 is 0 Å². The lowest BCUT2D eigenvalue weighted by molar-refractivity contribution is -0.165. The number of nitrogens with zero attached hydrogens (tertiary/aromatic N) is 4. The molecule has 0 radical (unpaired) electrons. The van der Waals surface area contributed by atoms with E-state index in [1.165, 1.54) is 20.2 Å². The van der Waals surface area contributed by atoms with Crippen molar-refractivity contribution >= 4 is 52.4 Å². The molecule has 0 saturated carbocycles. The lowest BCUT2D eigenvalue weighted by Crippen LogP contribution is -2.39. The number of halogens is 1. The van der Waals surface area contributed by atoms with Crippen molar-refractivity contribution in [2.75, 3.05) is 17.2 Å². The molecule has 29 heavy (non-hydrogen) atoms. The Bertz CT molecular complexity index is 938. The maximum Gasteiger partial charge on any atom is 0.303 e. The molecule has 3 heterocycles. The number of aromatic nitrogens is 4. The molecule has 3 rings (SSSR count). The summed E-state index contributed by atoms with van der Waals surface area (Å²) in [6.07, 6.45) is 0.0739. The van der Waals surface area contributed by atoms with Crippen molar-refractivity contribution < 1.29 is 23.8 Å². The maximum absolute atomic E-state index is 11.8. The molecule has 156 valence electrons. The van der Waals surface area contributed by atoms with Gasteiger partial charge in [0.15, 0.2) is 29.2 Å². The number of thioether (sulfide) groups is 1. The molecule has 1 aliphatic heterocycles. The van der Waals surface area contributed by atoms with Crippen LogP contribution in [0.15, 0.2) is 19.0 Å². The van der Waals surface area contributed by atoms with Crippen LogP contribution < -0.4 is 5.73 Å². The number of rotatable bonds is 7. The highest BCUT2D eigenvalue weighted by Gasteiger charge is 2.50. The van der Waals surface area contributed by atoms with Crippen LogP contribution in [0.25, 0.3) is 11.2 Å². The molecule has 0 bridgehead atoms. The van der Waals surface area contributed by atoms with Crippen molar-refractivity contribution in [1.82, 2.24) is 19.5 Å². The molecule has 1 fully saturated rings. The normalized spacial score (nSPS) is 23.8. The maximum atomic E-state index is 11.8. The smallest absolute Gasteiger partial charge is 0.303 e. The van der Waals surface area contributed by atoms with E-state index in [0.717, 1.165) is 0 Å². The summed E-state index contributed by atoms with van der Waals surface area (Å²) in [6, 6.07) is 0. The van der Waals surface area contributed by atoms with Crippen LogP contribution in [-0.4, -0.2) is 61.3 Å². The van der Waals surface area contributed by atoms with E-state index < -0.39 is 36.5 Å². The Hall–Kier alpha value is -2.37. The van der Waals surface area contributed by atoms with Crippen LogP contribution in [-0.2, 0) is 23.8 Å². The van der Waals surface area contributed by atoms with E-state index in [1.54, 1.807) is 22.4 Å². The number of imidazole rings is 1. The Morgan fingerprint density at radius 2 is 2.03 bits per heavy atom. The number of carbonyl (C=O) groups excluding carboxylic acids is 2. The van der Waals surface area contributed by atoms with Gasteiger partial charge in [0.25, 0.3) is 0 Å². The van der Waals surface area contributed by atoms with Crippen molar-refractivity contribution in [2.45, 2.75) is 38.4 Å². The standard InChI is InChI=1S/C17H20ClN5O5S/c1-4-5-29-6-10-12(26-8(2)24)13(27-9(3)25)16(28-10)23-7-20-11-14(18)21-17(19)22-15(11)23/h4,7,10,12-13,16H,1,5-6H2,2-3H3,(H2,19,21,22)/t10-,12-,13-,16-/m1/s1. The summed E-state index contributed by atoms with van der Waals surface area (Å²) in [7, 11) is 0. The van der Waals surface area contributed by atoms with Gasteiger partial charge in [0.2, 0.25) is 5.95 Å². The minimum absolute atomic E-state index is 0.0408. The number of esters is 2. The second-order valence-corrected chi connectivity index (χ2v) is 7.67. The van der Waals surface area contributed by atoms with Gasteiger partial charge in [0, 0.05) is 25.4 Å². The molecule has 12 heteroatoms. The van der Waals surface area contributed by atoms with Gasteiger partial charge in [-0.05, 0) is 0 Å². The molecule has 0 aromatic carbocycles. The van der Waals surface area contributed by atoms with Crippen LogP contribution in [0.2, 0.25) is 5.15 Å². The fourth-order valence-corrected chi connectivity index (χ4v) is 4.09. The number of nitrogen functional groups attached to an aromatic ring is 1. The van der Waals surface area contributed by atoms with Gasteiger partial charge in [0.1, 0.15) is 11.6 Å². The molecule has 1 saturated heterocycles. The Balaban J connectivity index is 2.02. The van der Waals surface area contributed by atoms with Crippen molar-refractivity contribution in [1.29, 1.82) is 0 Å². The first-order chi connectivity index (χ1) is 13.8. The quantitative estimate of drug-likeness (QED) is 0.293. The average molecular weight is 442 g/mol. The Kier molecular flexibility index (Phi) is 6.60. The molecule has 2 aromatic heterocycles. The van der Waals surface area contributed by atoms with Gasteiger partial charge in [-0.2, -0.15) is 21.7 Å². The molecule has 0 unspecified atom stereocenters. The third-order valence-electron chi connectivity index (χ3n) is 4.08. The second-order valence-electron chi connectivity index (χ2n) is 6.24. The Morgan fingerprint density at radius 3 is 2.69 bits per heavy atom. The van der Waals surface area contributed by atoms with Gasteiger partial charge >= 0.3 is 11.9 Å². The highest BCUT2D eigenvalue weighted by molar-refractivity contribution is 7.99. The van der Waals surface area contributed by atoms with Crippen molar-refractivity contribution in [3.8, 4) is 0 Å². The van der Waals surface area contributed by atoms with Gasteiger partial charge < -0.3 is 19.9 Å². The summed E-state index contributed by atoms with van der Waals surface area (Å²) in [4.78, 5) is 35.7. The molecular weight excluding hydrogens is 422 g/mol. The number of hydrogen-bond acceptors (Lipinski definition) is 10. The predicted octanol–water partition coefficient (Wildman–Crippen LogP) is 1.74. The molecular formula is C17H20ClN5O5S. The zero-order chi connectivity index (χ0) is 21.1. The van der Waals surface area contributed by atoms with E-state index in [9.17, 15) is 9.59 Å². The number of nitrogens with two attached hydrogens (primary N) is 1. The monoisotopic (exact) mass is 441 g/mol. The van der Waals surface area contributed by atoms with Crippen molar-refractivity contribution in [2.24, 2.45) is 0 Å². The first-order valence-electron chi connectivity index (χ1n) is 8.66. The van der Waals surface area contributed by atoms with Crippen LogP contribution in [0.4, 0.5) is 5.95 Å². The van der Waals surface area contributed by atoms with Crippen LogP contribution in [0.5, 0.6) is 0 Å². The Labute approximate surface area is 175 Å². The highest BCUT2D eigenvalue weighted by atomic mass is 35.5. The van der Waals surface area contributed by atoms with Crippen molar-refractivity contribution in [3.05, 3.63) is 24.1 Å². The van der Waals surface area contributed by atoms with Crippen LogP contribution >= 0.6 is 23.4 Å². The predicted molar refractivity (Wildman–Crippen MR) is 107 cm³/mol. The number of ether oxygens (including phenoxy) is 3. The van der Waals surface area contributed by atoms with Gasteiger partial charge in [-0.15, -0.1) is 6.58 Å². The molecule has 0 spiro atoms. The third-order valence-corrected chi connectivity index (χ3v) is 5.38. The van der Waals surface area contributed by atoms with Crippen LogP contribution in [0, 0.1) is 0 Å². The van der Waals surface area contributed by atoms with E-state index in [2.05, 4.69) is 21.5 Å².